The third-order valence-corrected chi connectivity index (χ3v) is 8.99. The summed E-state index contributed by atoms with van der Waals surface area (Å²) in [6, 6.07) is 29.9. The Balaban J connectivity index is 1.77. The average Bonchev–Trinajstić information content (AvgIpc) is 2.99. The van der Waals surface area contributed by atoms with Gasteiger partial charge in [0.25, 0.3) is 10.0 Å². The molecule has 1 unspecified atom stereocenters. The lowest BCUT2D eigenvalue weighted by molar-refractivity contribution is -0.139. The van der Waals surface area contributed by atoms with Crippen LogP contribution in [0.2, 0.25) is 0 Å². The zero-order valence-electron chi connectivity index (χ0n) is 24.4. The van der Waals surface area contributed by atoms with Crippen LogP contribution in [-0.4, -0.2) is 44.8 Å². The highest BCUT2D eigenvalue weighted by atomic mass is 32.2. The number of hydrogen-bond donors (Lipinski definition) is 1. The molecule has 2 amide bonds. The fourth-order valence-electron chi connectivity index (χ4n) is 4.69. The van der Waals surface area contributed by atoms with Crippen molar-refractivity contribution in [3.8, 4) is 0 Å². The van der Waals surface area contributed by atoms with Gasteiger partial charge in [-0.3, -0.25) is 13.9 Å². The van der Waals surface area contributed by atoms with E-state index in [0.29, 0.717) is 5.69 Å². The van der Waals surface area contributed by atoms with Gasteiger partial charge < -0.3 is 10.2 Å². The predicted octanol–water partition coefficient (Wildman–Crippen LogP) is 5.19. The van der Waals surface area contributed by atoms with Crippen LogP contribution in [0.4, 0.5) is 5.69 Å². The molecule has 0 aromatic heterocycles. The number of amides is 2. The minimum absolute atomic E-state index is 0.0821. The molecule has 0 aliphatic heterocycles. The lowest BCUT2D eigenvalue weighted by Crippen LogP contribution is -2.53. The minimum Gasteiger partial charge on any atom is -0.357 e. The lowest BCUT2D eigenvalue weighted by Gasteiger charge is -2.33. The van der Waals surface area contributed by atoms with E-state index in [1.807, 2.05) is 87.5 Å². The molecular formula is C34H37N3O4S. The SMILES string of the molecule is CNC(=O)C(Cc1ccccc1)N(Cc1ccc(C)cc1)C(=O)CN(c1ccc(C)cc1)S(=O)(=O)c1ccc(C)cc1. The van der Waals surface area contributed by atoms with Gasteiger partial charge in [-0.25, -0.2) is 8.42 Å². The largest absolute Gasteiger partial charge is 0.357 e. The Morgan fingerprint density at radius 1 is 0.714 bits per heavy atom. The Bertz CT molecular complexity index is 1600. The molecule has 218 valence electrons. The number of aryl methyl sites for hydroxylation is 3. The van der Waals surface area contributed by atoms with Gasteiger partial charge in [-0.1, -0.05) is 95.6 Å². The highest BCUT2D eigenvalue weighted by molar-refractivity contribution is 7.92. The molecule has 7 nitrogen and oxygen atoms in total. The molecule has 0 spiro atoms. The first-order valence-electron chi connectivity index (χ1n) is 13.8. The van der Waals surface area contributed by atoms with E-state index < -0.39 is 28.5 Å². The maximum absolute atomic E-state index is 14.3. The standard InChI is InChI=1S/C34H37N3O4S/c1-25-10-16-29(17-11-25)23-36(32(34(39)35-4)22-28-8-6-5-7-9-28)33(38)24-37(30-18-12-26(2)13-19-30)42(40,41)31-20-14-27(3)15-21-31/h5-21,32H,22-24H2,1-4H3,(H,35,39). The maximum Gasteiger partial charge on any atom is 0.264 e. The molecule has 0 aliphatic rings. The van der Waals surface area contributed by atoms with E-state index in [9.17, 15) is 18.0 Å². The van der Waals surface area contributed by atoms with Crippen LogP contribution in [0.3, 0.4) is 0 Å². The van der Waals surface area contributed by atoms with Gasteiger partial charge in [-0.15, -0.1) is 0 Å². The quantitative estimate of drug-likeness (QED) is 0.263. The van der Waals surface area contributed by atoms with Crippen LogP contribution in [-0.2, 0) is 32.6 Å². The van der Waals surface area contributed by atoms with Crippen molar-refractivity contribution in [1.29, 1.82) is 0 Å². The molecule has 8 heteroatoms. The van der Waals surface area contributed by atoms with Crippen molar-refractivity contribution in [3.05, 3.63) is 131 Å². The highest BCUT2D eigenvalue weighted by Gasteiger charge is 2.34. The van der Waals surface area contributed by atoms with Crippen LogP contribution < -0.4 is 9.62 Å². The summed E-state index contributed by atoms with van der Waals surface area (Å²) in [4.78, 5) is 29.2. The monoisotopic (exact) mass is 583 g/mol. The number of carbonyl (C=O) groups is 2. The number of sulfonamides is 1. The number of nitrogens with one attached hydrogen (secondary N) is 1. The molecule has 0 fully saturated rings. The second-order valence-corrected chi connectivity index (χ2v) is 12.3. The summed E-state index contributed by atoms with van der Waals surface area (Å²) in [5, 5.41) is 2.70. The van der Waals surface area contributed by atoms with E-state index in [1.54, 1.807) is 36.4 Å². The van der Waals surface area contributed by atoms with Crippen LogP contribution in [0.25, 0.3) is 0 Å². The normalized spacial score (nSPS) is 11.9. The lowest BCUT2D eigenvalue weighted by atomic mass is 10.0. The third-order valence-electron chi connectivity index (χ3n) is 7.20. The molecule has 1 N–H and O–H groups in total. The zero-order valence-corrected chi connectivity index (χ0v) is 25.3. The molecule has 0 aliphatic carbocycles. The highest BCUT2D eigenvalue weighted by Crippen LogP contribution is 2.26. The summed E-state index contributed by atoms with van der Waals surface area (Å²) in [5.74, 6) is -0.820. The van der Waals surface area contributed by atoms with Gasteiger partial charge in [0.1, 0.15) is 12.6 Å². The van der Waals surface area contributed by atoms with Gasteiger partial charge in [0, 0.05) is 20.0 Å². The van der Waals surface area contributed by atoms with Gasteiger partial charge in [0.15, 0.2) is 0 Å². The van der Waals surface area contributed by atoms with Crippen molar-refractivity contribution < 1.29 is 18.0 Å². The van der Waals surface area contributed by atoms with Gasteiger partial charge in [-0.2, -0.15) is 0 Å². The summed E-state index contributed by atoms with van der Waals surface area (Å²) >= 11 is 0. The van der Waals surface area contributed by atoms with Crippen LogP contribution in [0.5, 0.6) is 0 Å². The Hall–Kier alpha value is -4.43. The molecule has 0 radical (unpaired) electrons. The minimum atomic E-state index is -4.12. The van der Waals surface area contributed by atoms with Crippen LogP contribution in [0, 0.1) is 20.8 Å². The third kappa shape index (κ3) is 7.44. The summed E-state index contributed by atoms with van der Waals surface area (Å²) in [6.45, 7) is 5.43. The first kappa shape index (κ1) is 30.5. The van der Waals surface area contributed by atoms with Gasteiger partial charge >= 0.3 is 0 Å². The molecule has 0 bridgehead atoms. The van der Waals surface area contributed by atoms with Crippen molar-refractivity contribution in [2.45, 2.75) is 44.7 Å². The average molecular weight is 584 g/mol. The van der Waals surface area contributed by atoms with E-state index in [0.717, 1.165) is 32.1 Å². The van der Waals surface area contributed by atoms with Gasteiger partial charge in [0.2, 0.25) is 11.8 Å². The predicted molar refractivity (Wildman–Crippen MR) is 167 cm³/mol. The topological polar surface area (TPSA) is 86.8 Å². The van der Waals surface area contributed by atoms with Crippen molar-refractivity contribution in [3.63, 3.8) is 0 Å². The molecule has 4 aromatic rings. The number of rotatable bonds is 11. The Labute approximate surface area is 248 Å². The van der Waals surface area contributed by atoms with Crippen LogP contribution in [0.15, 0.2) is 108 Å². The second kappa shape index (κ2) is 13.5. The fourth-order valence-corrected chi connectivity index (χ4v) is 6.10. The van der Waals surface area contributed by atoms with E-state index in [1.165, 1.54) is 11.9 Å². The molecular weight excluding hydrogens is 546 g/mol. The molecule has 4 aromatic carbocycles. The summed E-state index contributed by atoms with van der Waals surface area (Å²) < 4.78 is 29.1. The van der Waals surface area contributed by atoms with E-state index >= 15 is 0 Å². The molecule has 0 saturated heterocycles. The zero-order chi connectivity index (χ0) is 30.3. The molecule has 0 heterocycles. The number of likely N-dealkylation sites (N-methyl/N-ethyl adjacent to an activating group) is 1. The van der Waals surface area contributed by atoms with E-state index in [2.05, 4.69) is 5.32 Å². The fraction of sp³-hybridized carbons (Fsp3) is 0.235. The van der Waals surface area contributed by atoms with Gasteiger partial charge in [-0.05, 0) is 56.2 Å². The smallest absolute Gasteiger partial charge is 0.264 e. The van der Waals surface area contributed by atoms with Crippen molar-refractivity contribution in [1.82, 2.24) is 10.2 Å². The Morgan fingerprint density at radius 2 is 1.24 bits per heavy atom. The summed E-state index contributed by atoms with van der Waals surface area (Å²) in [6.07, 6.45) is 0.271. The molecule has 1 atom stereocenters. The Morgan fingerprint density at radius 3 is 1.79 bits per heavy atom. The van der Waals surface area contributed by atoms with Crippen LogP contribution in [0.1, 0.15) is 27.8 Å². The molecule has 0 saturated carbocycles. The number of hydrogen-bond acceptors (Lipinski definition) is 4. The van der Waals surface area contributed by atoms with Crippen LogP contribution >= 0.6 is 0 Å². The number of anilines is 1. The molecule has 4 rings (SSSR count). The summed E-state index contributed by atoms with van der Waals surface area (Å²) in [7, 11) is -2.58. The van der Waals surface area contributed by atoms with Gasteiger partial charge in [0.05, 0.1) is 10.6 Å². The second-order valence-electron chi connectivity index (χ2n) is 10.5. The van der Waals surface area contributed by atoms with Crippen molar-refractivity contribution in [2.75, 3.05) is 17.9 Å². The number of benzene rings is 4. The molecule has 42 heavy (non-hydrogen) atoms. The number of nitrogens with zero attached hydrogens (tertiary/aromatic N) is 2. The Kier molecular flexibility index (Phi) is 9.80. The first-order chi connectivity index (χ1) is 20.1. The maximum atomic E-state index is 14.3. The van der Waals surface area contributed by atoms with E-state index in [-0.39, 0.29) is 23.8 Å². The summed E-state index contributed by atoms with van der Waals surface area (Å²) in [5.41, 5.74) is 5.03. The number of carbonyl (C=O) groups excluding carboxylic acids is 2. The van der Waals surface area contributed by atoms with E-state index in [4.69, 9.17) is 0 Å². The first-order valence-corrected chi connectivity index (χ1v) is 15.3. The van der Waals surface area contributed by atoms with Crippen molar-refractivity contribution >= 4 is 27.5 Å². The van der Waals surface area contributed by atoms with Crippen molar-refractivity contribution in [2.24, 2.45) is 0 Å².